The lowest BCUT2D eigenvalue weighted by atomic mass is 9.81. The molecule has 1 spiro atoms. The first-order chi connectivity index (χ1) is 11.9. The summed E-state index contributed by atoms with van der Waals surface area (Å²) < 4.78 is 11.7. The molecule has 2 aliphatic heterocycles. The molecule has 1 unspecified atom stereocenters. The standard InChI is InChI=1S/C20H19N3O2/c1-19(2,3)10-8-15-17-14(9-11-22-15)20(12-24-18(21)23-20)13-6-4-5-7-16(13)25-17/h4-7,9,11H,12H2,1-3H3,(H2,21,23). The molecule has 0 amide bonds. The van der Waals surface area contributed by atoms with E-state index in [-0.39, 0.29) is 11.4 Å². The molecular formula is C20H19N3O2. The topological polar surface area (TPSA) is 69.7 Å². The van der Waals surface area contributed by atoms with Gasteiger partial charge >= 0.3 is 0 Å². The Labute approximate surface area is 146 Å². The van der Waals surface area contributed by atoms with Gasteiger partial charge in [-0.25, -0.2) is 9.98 Å². The highest BCUT2D eigenvalue weighted by Crippen LogP contribution is 2.51. The van der Waals surface area contributed by atoms with Gasteiger partial charge in [-0.15, -0.1) is 0 Å². The molecule has 5 nitrogen and oxygen atoms in total. The zero-order valence-corrected chi connectivity index (χ0v) is 14.5. The molecular weight excluding hydrogens is 314 g/mol. The summed E-state index contributed by atoms with van der Waals surface area (Å²) in [6.07, 6.45) is 1.73. The maximum Gasteiger partial charge on any atom is 0.283 e. The van der Waals surface area contributed by atoms with Gasteiger partial charge in [0.05, 0.1) is 0 Å². The van der Waals surface area contributed by atoms with Crippen LogP contribution in [-0.2, 0) is 10.3 Å². The van der Waals surface area contributed by atoms with E-state index in [0.717, 1.165) is 16.9 Å². The largest absolute Gasteiger partial charge is 0.462 e. The molecule has 0 bridgehead atoms. The fourth-order valence-electron chi connectivity index (χ4n) is 3.07. The summed E-state index contributed by atoms with van der Waals surface area (Å²) in [5.74, 6) is 7.72. The van der Waals surface area contributed by atoms with E-state index < -0.39 is 5.54 Å². The second-order valence-electron chi connectivity index (χ2n) is 7.23. The van der Waals surface area contributed by atoms with Gasteiger partial charge in [0, 0.05) is 22.7 Å². The zero-order chi connectivity index (χ0) is 17.7. The zero-order valence-electron chi connectivity index (χ0n) is 14.5. The van der Waals surface area contributed by atoms with Crippen molar-refractivity contribution in [1.82, 2.24) is 4.98 Å². The third-order valence-electron chi connectivity index (χ3n) is 4.18. The third-order valence-corrected chi connectivity index (χ3v) is 4.18. The summed E-state index contributed by atoms with van der Waals surface area (Å²) in [6, 6.07) is 9.88. The number of hydrogen-bond donors (Lipinski definition) is 1. The first-order valence-electron chi connectivity index (χ1n) is 8.17. The second kappa shape index (κ2) is 5.25. The second-order valence-corrected chi connectivity index (χ2v) is 7.23. The van der Waals surface area contributed by atoms with Crippen LogP contribution < -0.4 is 10.5 Å². The van der Waals surface area contributed by atoms with Gasteiger partial charge in [0.25, 0.3) is 6.02 Å². The minimum absolute atomic E-state index is 0.131. The van der Waals surface area contributed by atoms with Crippen LogP contribution in [0.4, 0.5) is 0 Å². The van der Waals surface area contributed by atoms with Crippen molar-refractivity contribution in [2.45, 2.75) is 26.3 Å². The quantitative estimate of drug-likeness (QED) is 0.752. The molecule has 5 heteroatoms. The van der Waals surface area contributed by atoms with E-state index in [1.165, 1.54) is 0 Å². The summed E-state index contributed by atoms with van der Waals surface area (Å²) in [6.45, 7) is 6.51. The molecule has 3 heterocycles. The minimum atomic E-state index is -0.713. The Kier molecular flexibility index (Phi) is 3.26. The van der Waals surface area contributed by atoms with E-state index in [2.05, 4.69) is 42.6 Å². The van der Waals surface area contributed by atoms with Gasteiger partial charge in [0.2, 0.25) is 0 Å². The molecule has 1 aromatic carbocycles. The summed E-state index contributed by atoms with van der Waals surface area (Å²) >= 11 is 0. The highest BCUT2D eigenvalue weighted by Gasteiger charge is 2.47. The predicted octanol–water partition coefficient (Wildman–Crippen LogP) is 3.17. The van der Waals surface area contributed by atoms with E-state index in [1.54, 1.807) is 6.20 Å². The number of ether oxygens (including phenoxy) is 2. The number of rotatable bonds is 0. The van der Waals surface area contributed by atoms with Crippen molar-refractivity contribution in [1.29, 1.82) is 0 Å². The first kappa shape index (κ1) is 15.5. The fourth-order valence-corrected chi connectivity index (χ4v) is 3.07. The van der Waals surface area contributed by atoms with Crippen LogP contribution in [0.3, 0.4) is 0 Å². The molecule has 0 saturated heterocycles. The SMILES string of the molecule is CC(C)(C)C#Cc1nccc2c1Oc1ccccc1C21COC(N)=N1. The van der Waals surface area contributed by atoms with Crippen molar-refractivity contribution >= 4 is 6.02 Å². The number of para-hydroxylation sites is 1. The Morgan fingerprint density at radius 2 is 1.96 bits per heavy atom. The monoisotopic (exact) mass is 333 g/mol. The maximum absolute atomic E-state index is 6.17. The van der Waals surface area contributed by atoms with E-state index in [4.69, 9.17) is 15.2 Å². The van der Waals surface area contributed by atoms with E-state index >= 15 is 0 Å². The molecule has 0 radical (unpaired) electrons. The van der Waals surface area contributed by atoms with Crippen LogP contribution in [-0.4, -0.2) is 17.6 Å². The molecule has 1 atom stereocenters. The summed E-state index contributed by atoms with van der Waals surface area (Å²) in [7, 11) is 0. The number of amidine groups is 1. The predicted molar refractivity (Wildman–Crippen MR) is 95.4 cm³/mol. The maximum atomic E-state index is 6.17. The molecule has 126 valence electrons. The smallest absolute Gasteiger partial charge is 0.283 e. The molecule has 0 fully saturated rings. The number of aromatic nitrogens is 1. The molecule has 0 saturated carbocycles. The summed E-state index contributed by atoms with van der Waals surface area (Å²) in [5.41, 5.74) is 7.42. The van der Waals surface area contributed by atoms with Gasteiger partial charge in [0.1, 0.15) is 12.4 Å². The van der Waals surface area contributed by atoms with Crippen molar-refractivity contribution in [3.63, 3.8) is 0 Å². The highest BCUT2D eigenvalue weighted by molar-refractivity contribution is 5.77. The Morgan fingerprint density at radius 3 is 2.68 bits per heavy atom. The van der Waals surface area contributed by atoms with Crippen LogP contribution in [0.25, 0.3) is 0 Å². The van der Waals surface area contributed by atoms with Gasteiger partial charge in [-0.1, -0.05) is 24.1 Å². The molecule has 0 aliphatic carbocycles. The van der Waals surface area contributed by atoms with Crippen LogP contribution >= 0.6 is 0 Å². The summed E-state index contributed by atoms with van der Waals surface area (Å²) in [5, 5.41) is 0. The van der Waals surface area contributed by atoms with E-state index in [9.17, 15) is 0 Å². The lowest BCUT2D eigenvalue weighted by molar-refractivity contribution is 0.264. The molecule has 4 rings (SSSR count). The van der Waals surface area contributed by atoms with Gasteiger partial charge in [0.15, 0.2) is 17.0 Å². The lowest BCUT2D eigenvalue weighted by Crippen LogP contribution is -2.31. The van der Waals surface area contributed by atoms with Crippen LogP contribution in [0.2, 0.25) is 0 Å². The average molecular weight is 333 g/mol. The minimum Gasteiger partial charge on any atom is -0.462 e. The molecule has 2 aromatic rings. The van der Waals surface area contributed by atoms with Crippen LogP contribution in [0, 0.1) is 17.3 Å². The van der Waals surface area contributed by atoms with E-state index in [1.807, 2.05) is 30.3 Å². The van der Waals surface area contributed by atoms with Crippen molar-refractivity contribution < 1.29 is 9.47 Å². The van der Waals surface area contributed by atoms with Gasteiger partial charge in [-0.2, -0.15) is 0 Å². The van der Waals surface area contributed by atoms with Crippen molar-refractivity contribution in [3.05, 3.63) is 53.3 Å². The Morgan fingerprint density at radius 1 is 1.16 bits per heavy atom. The number of nitrogens with two attached hydrogens (primary N) is 1. The van der Waals surface area contributed by atoms with Crippen molar-refractivity contribution in [2.75, 3.05) is 6.61 Å². The van der Waals surface area contributed by atoms with Gasteiger partial charge in [-0.05, 0) is 38.8 Å². The number of aliphatic imine (C=N–C) groups is 1. The Bertz CT molecular complexity index is 947. The number of nitrogens with zero attached hydrogens (tertiary/aromatic N) is 2. The van der Waals surface area contributed by atoms with Gasteiger partial charge < -0.3 is 15.2 Å². The van der Waals surface area contributed by atoms with Gasteiger partial charge in [-0.3, -0.25) is 0 Å². The number of pyridine rings is 1. The Hall–Kier alpha value is -3.00. The molecule has 25 heavy (non-hydrogen) atoms. The lowest BCUT2D eigenvalue weighted by Gasteiger charge is -2.33. The normalized spacial score (nSPS) is 20.5. The summed E-state index contributed by atoms with van der Waals surface area (Å²) in [4.78, 5) is 9.05. The van der Waals surface area contributed by atoms with Crippen LogP contribution in [0.15, 0.2) is 41.5 Å². The number of fused-ring (bicyclic) bond motifs is 4. The fraction of sp³-hybridized carbons (Fsp3) is 0.300. The number of hydrogen-bond acceptors (Lipinski definition) is 5. The first-order valence-corrected chi connectivity index (χ1v) is 8.17. The third kappa shape index (κ3) is 2.51. The molecule has 1 aromatic heterocycles. The average Bonchev–Trinajstić information content (AvgIpc) is 2.95. The van der Waals surface area contributed by atoms with Crippen molar-refractivity contribution in [2.24, 2.45) is 16.1 Å². The highest BCUT2D eigenvalue weighted by atomic mass is 16.5. The Balaban J connectivity index is 1.96. The van der Waals surface area contributed by atoms with Crippen LogP contribution in [0.5, 0.6) is 11.5 Å². The van der Waals surface area contributed by atoms with Crippen LogP contribution in [0.1, 0.15) is 37.6 Å². The van der Waals surface area contributed by atoms with Crippen molar-refractivity contribution in [3.8, 4) is 23.3 Å². The molecule has 2 N–H and O–H groups in total. The number of benzene rings is 1. The molecule has 2 aliphatic rings. The van der Waals surface area contributed by atoms with E-state index in [0.29, 0.717) is 18.1 Å².